The Balaban J connectivity index is 0. The molecule has 5 nitrogen and oxygen atoms in total. The van der Waals surface area contributed by atoms with E-state index in [1.807, 2.05) is 0 Å². The molecule has 4 N–H and O–H groups in total. The average Bonchev–Trinajstić information content (AvgIpc) is 2.17. The molecule has 0 saturated carbocycles. The van der Waals surface area contributed by atoms with Gasteiger partial charge in [0.1, 0.15) is 0 Å². The van der Waals surface area contributed by atoms with Crippen molar-refractivity contribution < 1.29 is 25.2 Å². The minimum Gasteiger partial charge on any atom is -0.396 e. The van der Waals surface area contributed by atoms with Crippen LogP contribution in [0.15, 0.2) is 12.7 Å². The fourth-order valence-corrected chi connectivity index (χ4v) is 1.08. The molecule has 104 valence electrons. The molecule has 0 bridgehead atoms. The first-order valence-electron chi connectivity index (χ1n) is 5.63. The summed E-state index contributed by atoms with van der Waals surface area (Å²) in [5.74, 6) is -1.50. The topological polar surface area (TPSA) is 90.2 Å². The second kappa shape index (κ2) is 10.7. The zero-order valence-electron chi connectivity index (χ0n) is 11.0. The summed E-state index contributed by atoms with van der Waals surface area (Å²) in [6.45, 7) is 6.27. The predicted molar refractivity (Wildman–Crippen MR) is 66.5 cm³/mol. The lowest BCUT2D eigenvalue weighted by molar-refractivity contribution is -0.127. The Bertz CT molecular complexity index is 170. The van der Waals surface area contributed by atoms with Gasteiger partial charge in [0.15, 0.2) is 5.79 Å². The Morgan fingerprint density at radius 2 is 1.82 bits per heavy atom. The lowest BCUT2D eigenvalue weighted by Crippen LogP contribution is -2.27. The standard InChI is InChI=1S/C9H18O3.C3H8O2/c1-3-5-8(11)9(12-2)6-4-7-10;1-3(2,4)5/h3,8-11H,1,4-7H2,2H3;4-5H,1-2H3/t8?,9-;/m1./s1. The molecule has 0 fully saturated rings. The maximum absolute atomic E-state index is 9.46. The summed E-state index contributed by atoms with van der Waals surface area (Å²) in [5.41, 5.74) is 0. The summed E-state index contributed by atoms with van der Waals surface area (Å²) in [7, 11) is 1.56. The van der Waals surface area contributed by atoms with Gasteiger partial charge < -0.3 is 25.2 Å². The molecule has 0 aromatic heterocycles. The van der Waals surface area contributed by atoms with Crippen LogP contribution in [0.3, 0.4) is 0 Å². The van der Waals surface area contributed by atoms with E-state index < -0.39 is 11.9 Å². The summed E-state index contributed by atoms with van der Waals surface area (Å²) in [6, 6.07) is 0. The third kappa shape index (κ3) is 18.1. The van der Waals surface area contributed by atoms with Gasteiger partial charge in [0.05, 0.1) is 12.2 Å². The van der Waals surface area contributed by atoms with Crippen LogP contribution in [-0.2, 0) is 4.74 Å². The Hall–Kier alpha value is -0.460. The molecule has 17 heavy (non-hydrogen) atoms. The summed E-state index contributed by atoms with van der Waals surface area (Å²) in [4.78, 5) is 0. The van der Waals surface area contributed by atoms with Gasteiger partial charge in [-0.25, -0.2) is 0 Å². The molecule has 0 rings (SSSR count). The smallest absolute Gasteiger partial charge is 0.156 e. The maximum Gasteiger partial charge on any atom is 0.156 e. The number of hydrogen-bond acceptors (Lipinski definition) is 5. The van der Waals surface area contributed by atoms with Crippen LogP contribution >= 0.6 is 0 Å². The van der Waals surface area contributed by atoms with E-state index in [2.05, 4.69) is 6.58 Å². The third-order valence-electron chi connectivity index (χ3n) is 1.79. The normalized spacial score (nSPS) is 14.5. The van der Waals surface area contributed by atoms with Gasteiger partial charge >= 0.3 is 0 Å². The Labute approximate surface area is 103 Å². The van der Waals surface area contributed by atoms with Gasteiger partial charge in [-0.15, -0.1) is 6.58 Å². The lowest BCUT2D eigenvalue weighted by Gasteiger charge is -2.19. The molecular formula is C12H26O5. The highest BCUT2D eigenvalue weighted by Gasteiger charge is 2.16. The minimum absolute atomic E-state index is 0.140. The van der Waals surface area contributed by atoms with Crippen molar-refractivity contribution in [1.82, 2.24) is 0 Å². The van der Waals surface area contributed by atoms with Crippen LogP contribution in [0.4, 0.5) is 0 Å². The first kappa shape index (κ1) is 18.9. The van der Waals surface area contributed by atoms with Crippen LogP contribution < -0.4 is 0 Å². The quantitative estimate of drug-likeness (QED) is 0.388. The largest absolute Gasteiger partial charge is 0.396 e. The number of aliphatic hydroxyl groups is 4. The first-order chi connectivity index (χ1) is 7.76. The second-order valence-corrected chi connectivity index (χ2v) is 4.23. The summed E-state index contributed by atoms with van der Waals surface area (Å²) in [5, 5.41) is 34.2. The van der Waals surface area contributed by atoms with E-state index in [1.54, 1.807) is 13.2 Å². The van der Waals surface area contributed by atoms with Gasteiger partial charge in [-0.05, 0) is 33.1 Å². The molecule has 1 unspecified atom stereocenters. The van der Waals surface area contributed by atoms with Crippen LogP contribution in [0.25, 0.3) is 0 Å². The Morgan fingerprint density at radius 1 is 1.35 bits per heavy atom. The molecule has 0 aromatic rings. The predicted octanol–water partition coefficient (Wildman–Crippen LogP) is 0.418. The van der Waals surface area contributed by atoms with Crippen LogP contribution in [0.2, 0.25) is 0 Å². The molecule has 0 aliphatic rings. The van der Waals surface area contributed by atoms with Crippen LogP contribution in [0, 0.1) is 0 Å². The van der Waals surface area contributed by atoms with Crippen molar-refractivity contribution in [2.75, 3.05) is 13.7 Å². The molecule has 0 saturated heterocycles. The van der Waals surface area contributed by atoms with Crippen LogP contribution in [0.1, 0.15) is 33.1 Å². The van der Waals surface area contributed by atoms with Gasteiger partial charge in [-0.2, -0.15) is 0 Å². The van der Waals surface area contributed by atoms with E-state index in [9.17, 15) is 5.11 Å². The Kier molecular flexibility index (Phi) is 11.9. The molecule has 0 amide bonds. The molecule has 2 atom stereocenters. The molecule has 0 aliphatic carbocycles. The van der Waals surface area contributed by atoms with Crippen LogP contribution in [-0.4, -0.2) is 52.1 Å². The highest BCUT2D eigenvalue weighted by molar-refractivity contribution is 4.78. The number of aliphatic hydroxyl groups excluding tert-OH is 2. The van der Waals surface area contributed by atoms with E-state index in [0.717, 1.165) is 0 Å². The van der Waals surface area contributed by atoms with Gasteiger partial charge in [0.2, 0.25) is 0 Å². The van der Waals surface area contributed by atoms with Crippen molar-refractivity contribution in [3.8, 4) is 0 Å². The number of rotatable bonds is 7. The zero-order chi connectivity index (χ0) is 13.9. The number of ether oxygens (including phenoxy) is 1. The molecule has 5 heteroatoms. The van der Waals surface area contributed by atoms with E-state index in [1.165, 1.54) is 13.8 Å². The summed E-state index contributed by atoms with van der Waals surface area (Å²) in [6.07, 6.45) is 2.85. The SMILES string of the molecule is C=CCC(O)[C@@H](CCCO)OC.CC(C)(O)O. The third-order valence-corrected chi connectivity index (χ3v) is 1.79. The van der Waals surface area contributed by atoms with E-state index in [-0.39, 0.29) is 12.7 Å². The number of hydrogen-bond donors (Lipinski definition) is 4. The molecule has 0 radical (unpaired) electrons. The highest BCUT2D eigenvalue weighted by Crippen LogP contribution is 2.09. The maximum atomic E-state index is 9.46. The average molecular weight is 250 g/mol. The molecule has 0 spiro atoms. The number of methoxy groups -OCH3 is 1. The van der Waals surface area contributed by atoms with Crippen molar-refractivity contribution in [3.63, 3.8) is 0 Å². The van der Waals surface area contributed by atoms with E-state index in [4.69, 9.17) is 20.1 Å². The Morgan fingerprint density at radius 3 is 2.12 bits per heavy atom. The van der Waals surface area contributed by atoms with E-state index >= 15 is 0 Å². The monoisotopic (exact) mass is 250 g/mol. The van der Waals surface area contributed by atoms with Gasteiger partial charge in [0.25, 0.3) is 0 Å². The van der Waals surface area contributed by atoms with Crippen molar-refractivity contribution in [2.45, 2.75) is 51.1 Å². The van der Waals surface area contributed by atoms with Crippen molar-refractivity contribution in [1.29, 1.82) is 0 Å². The fourth-order valence-electron chi connectivity index (χ4n) is 1.08. The van der Waals surface area contributed by atoms with Gasteiger partial charge in [-0.3, -0.25) is 0 Å². The van der Waals surface area contributed by atoms with Crippen LogP contribution in [0.5, 0.6) is 0 Å². The zero-order valence-corrected chi connectivity index (χ0v) is 11.0. The molecular weight excluding hydrogens is 224 g/mol. The van der Waals surface area contributed by atoms with Crippen molar-refractivity contribution in [2.24, 2.45) is 0 Å². The van der Waals surface area contributed by atoms with Crippen molar-refractivity contribution >= 4 is 0 Å². The lowest BCUT2D eigenvalue weighted by atomic mass is 10.1. The van der Waals surface area contributed by atoms with Crippen molar-refractivity contribution in [3.05, 3.63) is 12.7 Å². The second-order valence-electron chi connectivity index (χ2n) is 4.23. The molecule has 0 aromatic carbocycles. The minimum atomic E-state index is -1.50. The molecule has 0 aliphatic heterocycles. The fraction of sp³-hybridized carbons (Fsp3) is 0.833. The summed E-state index contributed by atoms with van der Waals surface area (Å²) < 4.78 is 5.06. The first-order valence-corrected chi connectivity index (χ1v) is 5.63. The van der Waals surface area contributed by atoms with Gasteiger partial charge in [-0.1, -0.05) is 6.08 Å². The highest BCUT2D eigenvalue weighted by atomic mass is 16.5. The summed E-state index contributed by atoms with van der Waals surface area (Å²) >= 11 is 0. The molecule has 0 heterocycles. The van der Waals surface area contributed by atoms with E-state index in [0.29, 0.717) is 19.3 Å². The van der Waals surface area contributed by atoms with Gasteiger partial charge in [0, 0.05) is 13.7 Å².